The summed E-state index contributed by atoms with van der Waals surface area (Å²) < 4.78 is 42.8. The van der Waals surface area contributed by atoms with Crippen LogP contribution in [0.4, 0.5) is 10.1 Å². The molecule has 1 aromatic heterocycles. The lowest BCUT2D eigenvalue weighted by Crippen LogP contribution is -2.26. The zero-order chi connectivity index (χ0) is 21.8. The van der Waals surface area contributed by atoms with E-state index in [0.29, 0.717) is 5.82 Å². The molecule has 0 aliphatic carbocycles. The summed E-state index contributed by atoms with van der Waals surface area (Å²) in [5, 5.41) is 11.2. The molecule has 0 bridgehead atoms. The molecule has 10 heteroatoms. The Kier molecular flexibility index (Phi) is 5.99. The maximum atomic E-state index is 13.1. The number of fused-ring (bicyclic) bond motifs is 1. The molecule has 162 valence electrons. The number of anilines is 1. The van der Waals surface area contributed by atoms with E-state index in [4.69, 9.17) is 0 Å². The summed E-state index contributed by atoms with van der Waals surface area (Å²) >= 11 is 0. The maximum absolute atomic E-state index is 13.1. The molecule has 0 atom stereocenters. The Morgan fingerprint density at radius 3 is 2.61 bits per heavy atom. The van der Waals surface area contributed by atoms with Crippen LogP contribution in [0.2, 0.25) is 0 Å². The Balaban J connectivity index is 1.50. The van der Waals surface area contributed by atoms with Gasteiger partial charge >= 0.3 is 0 Å². The number of benzene rings is 2. The van der Waals surface area contributed by atoms with Gasteiger partial charge in [0.25, 0.3) is 15.9 Å². The first-order valence-electron chi connectivity index (χ1n) is 10.0. The van der Waals surface area contributed by atoms with Gasteiger partial charge in [-0.1, -0.05) is 18.6 Å². The minimum Gasteiger partial charge on any atom is -0.345 e. The molecule has 1 aliphatic rings. The molecule has 0 fully saturated rings. The number of hydrogen-bond donors (Lipinski definition) is 2. The van der Waals surface area contributed by atoms with Crippen LogP contribution in [-0.4, -0.2) is 29.1 Å². The summed E-state index contributed by atoms with van der Waals surface area (Å²) in [6.45, 7) is 1.01. The fraction of sp³-hybridized carbons (Fsp3) is 0.286. The molecule has 0 unspecified atom stereocenters. The van der Waals surface area contributed by atoms with Crippen molar-refractivity contribution in [2.24, 2.45) is 0 Å². The van der Waals surface area contributed by atoms with E-state index < -0.39 is 21.7 Å². The van der Waals surface area contributed by atoms with Crippen LogP contribution in [0.25, 0.3) is 0 Å². The van der Waals surface area contributed by atoms with Gasteiger partial charge in [-0.15, -0.1) is 10.2 Å². The second-order valence-electron chi connectivity index (χ2n) is 7.28. The first kappa shape index (κ1) is 21.0. The monoisotopic (exact) mass is 443 g/mol. The highest BCUT2D eigenvalue weighted by Gasteiger charge is 2.20. The third-order valence-electron chi connectivity index (χ3n) is 5.13. The minimum absolute atomic E-state index is 0.102. The number of nitrogens with zero attached hydrogens (tertiary/aromatic N) is 3. The molecule has 8 nitrogen and oxygen atoms in total. The van der Waals surface area contributed by atoms with Crippen LogP contribution in [0.5, 0.6) is 0 Å². The first-order chi connectivity index (χ1) is 14.9. The summed E-state index contributed by atoms with van der Waals surface area (Å²) in [6.07, 6.45) is 4.12. The maximum Gasteiger partial charge on any atom is 0.261 e. The second-order valence-corrected chi connectivity index (χ2v) is 8.96. The van der Waals surface area contributed by atoms with E-state index in [9.17, 15) is 17.6 Å². The number of sulfonamides is 1. The number of aryl methyl sites for hydroxylation is 1. The number of hydrogen-bond acceptors (Lipinski definition) is 5. The smallest absolute Gasteiger partial charge is 0.261 e. The van der Waals surface area contributed by atoms with Gasteiger partial charge in [-0.2, -0.15) is 0 Å². The molecule has 31 heavy (non-hydrogen) atoms. The average molecular weight is 444 g/mol. The minimum atomic E-state index is -3.98. The molecule has 3 aromatic rings. The van der Waals surface area contributed by atoms with Crippen molar-refractivity contribution in [2.45, 2.75) is 43.7 Å². The fourth-order valence-electron chi connectivity index (χ4n) is 3.52. The Hall–Kier alpha value is -3.27. The summed E-state index contributed by atoms with van der Waals surface area (Å²) in [5.74, 6) is 0.623. The third kappa shape index (κ3) is 4.74. The van der Waals surface area contributed by atoms with Gasteiger partial charge in [-0.3, -0.25) is 9.52 Å². The van der Waals surface area contributed by atoms with E-state index in [1.807, 2.05) is 4.57 Å². The Morgan fingerprint density at radius 2 is 1.81 bits per heavy atom. The van der Waals surface area contributed by atoms with Gasteiger partial charge in [0.2, 0.25) is 0 Å². The molecule has 2 N–H and O–H groups in total. The average Bonchev–Trinajstić information content (AvgIpc) is 2.98. The normalized spacial score (nSPS) is 13.8. The molecule has 1 amide bonds. The second kappa shape index (κ2) is 8.84. The van der Waals surface area contributed by atoms with Crippen LogP contribution in [-0.2, 0) is 29.5 Å². The van der Waals surface area contributed by atoms with Crippen molar-refractivity contribution in [1.29, 1.82) is 0 Å². The van der Waals surface area contributed by atoms with Gasteiger partial charge in [0, 0.05) is 13.0 Å². The molecular formula is C21H22FN5O3S. The summed E-state index contributed by atoms with van der Waals surface area (Å²) in [7, 11) is -3.98. The van der Waals surface area contributed by atoms with Crippen LogP contribution < -0.4 is 10.0 Å². The Morgan fingerprint density at radius 1 is 1.03 bits per heavy atom. The Bertz CT molecular complexity index is 1190. The summed E-state index contributed by atoms with van der Waals surface area (Å²) in [5.41, 5.74) is 0.299. The van der Waals surface area contributed by atoms with Crippen LogP contribution in [0, 0.1) is 5.82 Å². The number of amides is 1. The van der Waals surface area contributed by atoms with Gasteiger partial charge in [-0.25, -0.2) is 12.8 Å². The Labute approximate surface area is 179 Å². The largest absolute Gasteiger partial charge is 0.345 e. The number of halogens is 1. The molecule has 4 rings (SSSR count). The quantitative estimate of drug-likeness (QED) is 0.609. The molecule has 0 radical (unpaired) electrons. The molecule has 0 spiro atoms. The highest BCUT2D eigenvalue weighted by molar-refractivity contribution is 7.92. The molecule has 1 aliphatic heterocycles. The van der Waals surface area contributed by atoms with Crippen molar-refractivity contribution in [3.05, 3.63) is 71.6 Å². The lowest BCUT2D eigenvalue weighted by molar-refractivity contribution is 0.0950. The molecule has 0 saturated carbocycles. The van der Waals surface area contributed by atoms with Gasteiger partial charge in [0.15, 0.2) is 5.82 Å². The van der Waals surface area contributed by atoms with Crippen LogP contribution in [0.15, 0.2) is 53.4 Å². The molecule has 2 aromatic carbocycles. The number of para-hydroxylation sites is 1. The predicted octanol–water partition coefficient (Wildman–Crippen LogP) is 2.87. The van der Waals surface area contributed by atoms with Gasteiger partial charge in [-0.05, 0) is 49.2 Å². The van der Waals surface area contributed by atoms with E-state index in [-0.39, 0.29) is 22.7 Å². The number of carbonyl (C=O) groups is 1. The van der Waals surface area contributed by atoms with Gasteiger partial charge in [0.1, 0.15) is 11.6 Å². The van der Waals surface area contributed by atoms with Gasteiger partial charge < -0.3 is 9.88 Å². The number of rotatable bonds is 6. The van der Waals surface area contributed by atoms with Crippen LogP contribution in [0.1, 0.15) is 41.3 Å². The zero-order valence-corrected chi connectivity index (χ0v) is 17.5. The standard InChI is InChI=1S/C21H22FN5O3S/c22-15-9-11-16(12-10-15)31(29,30)26-18-7-4-3-6-17(18)21(28)23-14-20-25-24-19-8-2-1-5-13-27(19)20/h3-4,6-7,9-12,26H,1-2,5,8,13-14H2,(H,23,28). The van der Waals surface area contributed by atoms with Crippen LogP contribution in [0.3, 0.4) is 0 Å². The van der Waals surface area contributed by atoms with Crippen molar-refractivity contribution >= 4 is 21.6 Å². The fourth-order valence-corrected chi connectivity index (χ4v) is 4.60. The molecular weight excluding hydrogens is 421 g/mol. The summed E-state index contributed by atoms with van der Waals surface area (Å²) in [4.78, 5) is 12.7. The number of nitrogens with one attached hydrogen (secondary N) is 2. The predicted molar refractivity (Wildman–Crippen MR) is 112 cm³/mol. The summed E-state index contributed by atoms with van der Waals surface area (Å²) in [6, 6.07) is 10.8. The number of aromatic nitrogens is 3. The van der Waals surface area contributed by atoms with Crippen molar-refractivity contribution in [3.8, 4) is 0 Å². The lowest BCUT2D eigenvalue weighted by atomic mass is 10.1. The topological polar surface area (TPSA) is 106 Å². The van der Waals surface area contributed by atoms with Crippen molar-refractivity contribution in [1.82, 2.24) is 20.1 Å². The third-order valence-corrected chi connectivity index (χ3v) is 6.51. The lowest BCUT2D eigenvalue weighted by Gasteiger charge is -2.13. The molecule has 0 saturated heterocycles. The van der Waals surface area contributed by atoms with Gasteiger partial charge in [0.05, 0.1) is 22.7 Å². The van der Waals surface area contributed by atoms with Crippen molar-refractivity contribution in [3.63, 3.8) is 0 Å². The van der Waals surface area contributed by atoms with E-state index in [2.05, 4.69) is 20.2 Å². The van der Waals surface area contributed by atoms with E-state index in [0.717, 1.165) is 62.3 Å². The van der Waals surface area contributed by atoms with E-state index in [1.165, 1.54) is 12.1 Å². The highest BCUT2D eigenvalue weighted by atomic mass is 32.2. The SMILES string of the molecule is O=C(NCc1nnc2n1CCCCC2)c1ccccc1NS(=O)(=O)c1ccc(F)cc1. The van der Waals surface area contributed by atoms with Crippen molar-refractivity contribution in [2.75, 3.05) is 4.72 Å². The van der Waals surface area contributed by atoms with E-state index in [1.54, 1.807) is 12.1 Å². The molecule has 2 heterocycles. The van der Waals surface area contributed by atoms with Crippen LogP contribution >= 0.6 is 0 Å². The van der Waals surface area contributed by atoms with E-state index >= 15 is 0 Å². The zero-order valence-electron chi connectivity index (χ0n) is 16.7. The number of carbonyl (C=O) groups excluding carboxylic acids is 1. The first-order valence-corrected chi connectivity index (χ1v) is 11.5. The highest BCUT2D eigenvalue weighted by Crippen LogP contribution is 2.21. The van der Waals surface area contributed by atoms with Crippen molar-refractivity contribution < 1.29 is 17.6 Å².